The minimum Gasteiger partial charge on any atom is -0.479 e. The van der Waals surface area contributed by atoms with E-state index in [0.717, 1.165) is 5.56 Å². The summed E-state index contributed by atoms with van der Waals surface area (Å²) in [5.74, 6) is -2.63. The summed E-state index contributed by atoms with van der Waals surface area (Å²) in [5, 5.41) is 12.3. The Hall–Kier alpha value is -1.88. The van der Waals surface area contributed by atoms with E-state index in [1.807, 2.05) is 18.2 Å². The Morgan fingerprint density at radius 2 is 1.71 bits per heavy atom. The quantitative estimate of drug-likeness (QED) is 0.643. The van der Waals surface area contributed by atoms with Crippen LogP contribution in [0.3, 0.4) is 0 Å². The molecule has 0 heterocycles. The third-order valence-corrected chi connectivity index (χ3v) is 3.40. The first kappa shape index (κ1) is 17.2. The van der Waals surface area contributed by atoms with E-state index in [1.165, 1.54) is 7.05 Å². The van der Waals surface area contributed by atoms with Crippen molar-refractivity contribution in [3.8, 4) is 0 Å². The average molecular weight is 293 g/mol. The van der Waals surface area contributed by atoms with Gasteiger partial charge in [0.15, 0.2) is 0 Å². The molecule has 2 atom stereocenters. The molecule has 0 amide bonds. The van der Waals surface area contributed by atoms with Crippen molar-refractivity contribution in [3.05, 3.63) is 35.9 Å². The van der Waals surface area contributed by atoms with E-state index in [4.69, 9.17) is 4.74 Å². The van der Waals surface area contributed by atoms with Crippen molar-refractivity contribution in [1.29, 1.82) is 0 Å². The highest BCUT2D eigenvalue weighted by Gasteiger charge is 2.52. The number of nitrogens with one attached hydrogen (secondary N) is 1. The number of carboxylic acid groups (broad SMARTS) is 1. The van der Waals surface area contributed by atoms with Crippen molar-refractivity contribution < 1.29 is 19.4 Å². The Bertz CT molecular complexity index is 507. The van der Waals surface area contributed by atoms with Gasteiger partial charge in [0.05, 0.1) is 0 Å². The number of aliphatic carboxylic acids is 1. The number of carboxylic acids is 1. The lowest BCUT2D eigenvalue weighted by atomic mass is 9.80. The van der Waals surface area contributed by atoms with Crippen LogP contribution < -0.4 is 5.32 Å². The molecule has 5 heteroatoms. The smallest absolute Gasteiger partial charge is 0.339 e. The van der Waals surface area contributed by atoms with Crippen molar-refractivity contribution in [1.82, 2.24) is 5.32 Å². The molecule has 116 valence electrons. The monoisotopic (exact) mass is 293 g/mol. The molecule has 0 aliphatic heterocycles. The van der Waals surface area contributed by atoms with Crippen LogP contribution in [0.1, 0.15) is 39.2 Å². The molecule has 1 aromatic carbocycles. The fourth-order valence-electron chi connectivity index (χ4n) is 2.23. The first-order valence-corrected chi connectivity index (χ1v) is 6.86. The number of likely N-dealkylation sites (N-methyl/N-ethyl adjacent to an activating group) is 1. The third kappa shape index (κ3) is 3.61. The van der Waals surface area contributed by atoms with Gasteiger partial charge in [0.25, 0.3) is 0 Å². The van der Waals surface area contributed by atoms with Crippen molar-refractivity contribution >= 4 is 11.9 Å². The lowest BCUT2D eigenvalue weighted by Crippen LogP contribution is -2.61. The van der Waals surface area contributed by atoms with Crippen LogP contribution in [0.5, 0.6) is 0 Å². The summed E-state index contributed by atoms with van der Waals surface area (Å²) in [6.45, 7) is 6.82. The molecule has 0 radical (unpaired) electrons. The van der Waals surface area contributed by atoms with Gasteiger partial charge in [-0.3, -0.25) is 5.32 Å². The molecule has 0 unspecified atom stereocenters. The molecule has 5 nitrogen and oxygen atoms in total. The zero-order valence-corrected chi connectivity index (χ0v) is 13.1. The molecule has 0 saturated carbocycles. The van der Waals surface area contributed by atoms with Gasteiger partial charge in [-0.05, 0) is 33.4 Å². The van der Waals surface area contributed by atoms with E-state index in [1.54, 1.807) is 39.8 Å². The number of carbonyl (C=O) groups excluding carboxylic acids is 1. The summed E-state index contributed by atoms with van der Waals surface area (Å²) < 4.78 is 5.32. The Kier molecular flexibility index (Phi) is 5.12. The largest absolute Gasteiger partial charge is 0.479 e. The van der Waals surface area contributed by atoms with Crippen LogP contribution in [0.4, 0.5) is 0 Å². The van der Waals surface area contributed by atoms with E-state index in [9.17, 15) is 14.7 Å². The molecular formula is C16H23NO4. The summed E-state index contributed by atoms with van der Waals surface area (Å²) in [4.78, 5) is 24.3. The molecule has 1 aromatic rings. The average Bonchev–Trinajstić information content (AvgIpc) is 2.38. The Balaban J connectivity index is 3.27. The van der Waals surface area contributed by atoms with Crippen molar-refractivity contribution in [2.45, 2.75) is 44.8 Å². The molecule has 2 N–H and O–H groups in total. The number of ether oxygens (including phenoxy) is 1. The molecule has 21 heavy (non-hydrogen) atoms. The van der Waals surface area contributed by atoms with Crippen LogP contribution in [0, 0.1) is 0 Å². The Morgan fingerprint density at radius 1 is 1.19 bits per heavy atom. The van der Waals surface area contributed by atoms with Crippen LogP contribution in [0.15, 0.2) is 30.3 Å². The minimum absolute atomic E-state index is 0.587. The maximum atomic E-state index is 12.5. The standard InChI is InChI=1S/C16H23NO4/c1-11(12-9-7-6-8-10-12)16(17-5,13(18)19)14(20)21-15(2,3)4/h6-11,17H,1-5H3,(H,18,19)/t11-,16+/m0/s1. The number of carbonyl (C=O) groups is 2. The van der Waals surface area contributed by atoms with Crippen molar-refractivity contribution in [3.63, 3.8) is 0 Å². The molecule has 0 aromatic heterocycles. The zero-order valence-electron chi connectivity index (χ0n) is 13.1. The highest BCUT2D eigenvalue weighted by molar-refractivity contribution is 6.05. The normalized spacial score (nSPS) is 15.9. The number of benzene rings is 1. The first-order valence-electron chi connectivity index (χ1n) is 6.86. The van der Waals surface area contributed by atoms with E-state index in [0.29, 0.717) is 0 Å². The van der Waals surface area contributed by atoms with Crippen LogP contribution >= 0.6 is 0 Å². The van der Waals surface area contributed by atoms with E-state index in [2.05, 4.69) is 5.32 Å². The number of hydrogen-bond donors (Lipinski definition) is 2. The Labute approximate surface area is 125 Å². The van der Waals surface area contributed by atoms with E-state index >= 15 is 0 Å². The summed E-state index contributed by atoms with van der Waals surface area (Å²) in [6.07, 6.45) is 0. The molecule has 1 rings (SSSR count). The van der Waals surface area contributed by atoms with Crippen molar-refractivity contribution in [2.24, 2.45) is 0 Å². The van der Waals surface area contributed by atoms with Gasteiger partial charge in [0, 0.05) is 5.92 Å². The van der Waals surface area contributed by atoms with Gasteiger partial charge in [0.2, 0.25) is 5.54 Å². The van der Waals surface area contributed by atoms with Crippen LogP contribution in [-0.4, -0.2) is 35.2 Å². The SMILES string of the molecule is CN[C@](C(=O)O)(C(=O)OC(C)(C)C)[C@@H](C)c1ccccc1. The second-order valence-corrected chi connectivity index (χ2v) is 6.00. The van der Waals surface area contributed by atoms with Crippen LogP contribution in [0.2, 0.25) is 0 Å². The summed E-state index contributed by atoms with van der Waals surface area (Å²) in [7, 11) is 1.46. The second kappa shape index (κ2) is 6.26. The minimum atomic E-state index is -1.82. The third-order valence-electron chi connectivity index (χ3n) is 3.40. The first-order chi connectivity index (χ1) is 9.65. The number of hydrogen-bond acceptors (Lipinski definition) is 4. The van der Waals surface area contributed by atoms with Crippen molar-refractivity contribution in [2.75, 3.05) is 7.05 Å². The zero-order chi connectivity index (χ0) is 16.3. The molecular weight excluding hydrogens is 270 g/mol. The fourth-order valence-corrected chi connectivity index (χ4v) is 2.23. The predicted octanol–water partition coefficient (Wildman–Crippen LogP) is 2.17. The molecule has 0 spiro atoms. The highest BCUT2D eigenvalue weighted by atomic mass is 16.6. The number of esters is 1. The van der Waals surface area contributed by atoms with Gasteiger partial charge in [-0.25, -0.2) is 9.59 Å². The van der Waals surface area contributed by atoms with E-state index < -0.39 is 29.0 Å². The van der Waals surface area contributed by atoms with E-state index in [-0.39, 0.29) is 0 Å². The number of rotatable bonds is 5. The molecule has 0 saturated heterocycles. The second-order valence-electron chi connectivity index (χ2n) is 6.00. The molecule has 0 fully saturated rings. The van der Waals surface area contributed by atoms with Gasteiger partial charge < -0.3 is 9.84 Å². The summed E-state index contributed by atoms with van der Waals surface area (Å²) in [6, 6.07) is 9.05. The Morgan fingerprint density at radius 3 is 2.10 bits per heavy atom. The fraction of sp³-hybridized carbons (Fsp3) is 0.500. The molecule has 0 bridgehead atoms. The topological polar surface area (TPSA) is 75.6 Å². The summed E-state index contributed by atoms with van der Waals surface area (Å²) >= 11 is 0. The van der Waals surface area contributed by atoms with Crippen LogP contribution in [0.25, 0.3) is 0 Å². The maximum Gasteiger partial charge on any atom is 0.339 e. The lowest BCUT2D eigenvalue weighted by Gasteiger charge is -2.35. The highest BCUT2D eigenvalue weighted by Crippen LogP contribution is 2.31. The molecule has 0 aliphatic rings. The van der Waals surface area contributed by atoms with Gasteiger partial charge in [-0.2, -0.15) is 0 Å². The summed E-state index contributed by atoms with van der Waals surface area (Å²) in [5.41, 5.74) is -1.83. The van der Waals surface area contributed by atoms with Gasteiger partial charge >= 0.3 is 11.9 Å². The maximum absolute atomic E-state index is 12.5. The van der Waals surface area contributed by atoms with Gasteiger partial charge in [0.1, 0.15) is 5.60 Å². The predicted molar refractivity (Wildman–Crippen MR) is 80.1 cm³/mol. The van der Waals surface area contributed by atoms with Gasteiger partial charge in [-0.15, -0.1) is 0 Å². The lowest BCUT2D eigenvalue weighted by molar-refractivity contribution is -0.172. The molecule has 0 aliphatic carbocycles. The van der Waals surface area contributed by atoms with Crippen LogP contribution in [-0.2, 0) is 14.3 Å². The van der Waals surface area contributed by atoms with Gasteiger partial charge in [-0.1, -0.05) is 37.3 Å².